The van der Waals surface area contributed by atoms with Gasteiger partial charge in [0, 0.05) is 53.4 Å². The van der Waals surface area contributed by atoms with Crippen LogP contribution in [0.4, 0.5) is 10.2 Å². The molecule has 2 N–H and O–H groups in total. The van der Waals surface area contributed by atoms with Gasteiger partial charge in [-0.15, -0.1) is 0 Å². The minimum Gasteiger partial charge on any atom is -0.381 e. The minimum absolute atomic E-state index is 0.377. The molecule has 0 spiro atoms. The van der Waals surface area contributed by atoms with Crippen LogP contribution in [0.15, 0.2) is 36.9 Å². The molecule has 0 amide bonds. The van der Waals surface area contributed by atoms with Crippen LogP contribution in [0, 0.1) is 18.8 Å². The maximum Gasteiger partial charge on any atom is 0.180 e. The average molecular weight is 576 g/mol. The van der Waals surface area contributed by atoms with Gasteiger partial charge in [0.2, 0.25) is 0 Å². The van der Waals surface area contributed by atoms with Crippen molar-refractivity contribution in [2.24, 2.45) is 11.8 Å². The predicted octanol–water partition coefficient (Wildman–Crippen LogP) is 6.59. The third-order valence-corrected chi connectivity index (χ3v) is 9.41. The highest BCUT2D eigenvalue weighted by molar-refractivity contribution is 7.99. The number of piperidine rings is 1. The summed E-state index contributed by atoms with van der Waals surface area (Å²) in [4.78, 5) is 10.2. The van der Waals surface area contributed by atoms with Crippen molar-refractivity contribution in [3.05, 3.63) is 53.9 Å². The zero-order valence-electron chi connectivity index (χ0n) is 24.9. The smallest absolute Gasteiger partial charge is 0.180 e. The molecule has 2 aliphatic rings. The van der Waals surface area contributed by atoms with Crippen LogP contribution in [-0.4, -0.2) is 50.6 Å². The fourth-order valence-corrected chi connectivity index (χ4v) is 6.86. The highest BCUT2D eigenvalue weighted by atomic mass is 32.2. The number of rotatable bonds is 10. The molecule has 3 atom stereocenters. The summed E-state index contributed by atoms with van der Waals surface area (Å²) in [7, 11) is 0. The van der Waals surface area contributed by atoms with Crippen molar-refractivity contribution >= 4 is 40.1 Å². The third kappa shape index (κ3) is 5.46. The van der Waals surface area contributed by atoms with Gasteiger partial charge in [-0.3, -0.25) is 4.31 Å². The van der Waals surface area contributed by atoms with Crippen LogP contribution in [0.3, 0.4) is 0 Å². The summed E-state index contributed by atoms with van der Waals surface area (Å²) in [6, 6.07) is 11.0. The lowest BCUT2D eigenvalue weighted by Gasteiger charge is -2.30. The maximum absolute atomic E-state index is 14.4. The van der Waals surface area contributed by atoms with Crippen LogP contribution in [0.1, 0.15) is 57.0 Å². The molecular weight excluding hydrogens is 533 g/mol. The van der Waals surface area contributed by atoms with Gasteiger partial charge in [0.15, 0.2) is 6.30 Å². The van der Waals surface area contributed by atoms with Crippen molar-refractivity contribution in [1.82, 2.24) is 29.6 Å². The van der Waals surface area contributed by atoms with Gasteiger partial charge in [-0.1, -0.05) is 20.4 Å². The summed E-state index contributed by atoms with van der Waals surface area (Å²) < 4.78 is 20.6. The Hall–Kier alpha value is -3.04. The van der Waals surface area contributed by atoms with Gasteiger partial charge in [-0.05, 0) is 100 Å². The van der Waals surface area contributed by atoms with Gasteiger partial charge >= 0.3 is 0 Å². The van der Waals surface area contributed by atoms with E-state index in [2.05, 4.69) is 71.2 Å². The molecule has 9 heteroatoms. The van der Waals surface area contributed by atoms with Gasteiger partial charge in [0.05, 0.1) is 5.69 Å². The van der Waals surface area contributed by atoms with Gasteiger partial charge in [-0.25, -0.2) is 14.4 Å². The summed E-state index contributed by atoms with van der Waals surface area (Å²) in [6.07, 6.45) is 5.24. The Morgan fingerprint density at radius 3 is 2.73 bits per heavy atom. The second-order valence-corrected chi connectivity index (χ2v) is 12.7. The molecule has 218 valence electrons. The Balaban J connectivity index is 1.42. The van der Waals surface area contributed by atoms with Crippen LogP contribution in [0.2, 0.25) is 0 Å². The molecule has 2 fully saturated rings. The third-order valence-electron chi connectivity index (χ3n) is 8.54. The van der Waals surface area contributed by atoms with Crippen LogP contribution in [0.5, 0.6) is 0 Å². The molecule has 1 aliphatic carbocycles. The number of halogens is 1. The number of alkyl halides is 1. The van der Waals surface area contributed by atoms with Crippen molar-refractivity contribution in [1.29, 1.82) is 0 Å². The molecule has 1 aliphatic heterocycles. The molecule has 4 aromatic heterocycles. The van der Waals surface area contributed by atoms with Gasteiger partial charge in [0.1, 0.15) is 22.8 Å². The van der Waals surface area contributed by atoms with E-state index in [1.165, 1.54) is 30.5 Å². The van der Waals surface area contributed by atoms with E-state index >= 15 is 0 Å². The van der Waals surface area contributed by atoms with Crippen molar-refractivity contribution in [3.63, 3.8) is 0 Å². The Bertz CT molecular complexity index is 1580. The van der Waals surface area contributed by atoms with E-state index in [9.17, 15) is 4.39 Å². The van der Waals surface area contributed by atoms with E-state index in [1.807, 2.05) is 12.3 Å². The van der Waals surface area contributed by atoms with Crippen molar-refractivity contribution in [3.8, 4) is 11.4 Å². The molecule has 41 heavy (non-hydrogen) atoms. The Morgan fingerprint density at radius 2 is 2.05 bits per heavy atom. The molecule has 1 saturated carbocycles. The largest absolute Gasteiger partial charge is 0.381 e. The number of pyridine rings is 2. The van der Waals surface area contributed by atoms with Crippen molar-refractivity contribution in [2.75, 3.05) is 23.7 Å². The number of aryl methyl sites for hydroxylation is 2. The molecule has 0 aromatic carbocycles. The minimum atomic E-state index is -1.13. The zero-order chi connectivity index (χ0) is 28.8. The highest BCUT2D eigenvalue weighted by Crippen LogP contribution is 2.38. The number of imidazole rings is 1. The van der Waals surface area contributed by atoms with E-state index < -0.39 is 6.30 Å². The molecular formula is C32H42FN7S. The zero-order valence-corrected chi connectivity index (χ0v) is 25.7. The second-order valence-electron chi connectivity index (χ2n) is 11.9. The number of hydrogen-bond acceptors (Lipinski definition) is 6. The topological polar surface area (TPSA) is 62.4 Å². The van der Waals surface area contributed by atoms with E-state index in [-0.39, 0.29) is 0 Å². The normalized spacial score (nSPS) is 20.0. The number of anilines is 1. The first kappa shape index (κ1) is 28.1. The van der Waals surface area contributed by atoms with Crippen LogP contribution >= 0.6 is 11.9 Å². The van der Waals surface area contributed by atoms with Crippen LogP contribution in [-0.2, 0) is 13.0 Å². The molecule has 4 aromatic rings. The summed E-state index contributed by atoms with van der Waals surface area (Å²) >= 11 is 1.35. The summed E-state index contributed by atoms with van der Waals surface area (Å²) in [5, 5.41) is 8.26. The lowest BCUT2D eigenvalue weighted by molar-refractivity contribution is 0.342. The Kier molecular flexibility index (Phi) is 7.76. The molecule has 6 rings (SSSR count). The highest BCUT2D eigenvalue weighted by Gasteiger charge is 2.27. The van der Waals surface area contributed by atoms with Crippen molar-refractivity contribution < 1.29 is 4.39 Å². The average Bonchev–Trinajstić information content (AvgIpc) is 3.62. The predicted molar refractivity (Wildman–Crippen MR) is 170 cm³/mol. The first-order chi connectivity index (χ1) is 19.8. The lowest BCUT2D eigenvalue weighted by Crippen LogP contribution is -2.45. The molecule has 7 nitrogen and oxygen atoms in total. The van der Waals surface area contributed by atoms with Crippen molar-refractivity contribution in [2.45, 2.75) is 72.3 Å². The Morgan fingerprint density at radius 1 is 1.24 bits per heavy atom. The van der Waals surface area contributed by atoms with Gasteiger partial charge < -0.3 is 19.6 Å². The summed E-state index contributed by atoms with van der Waals surface area (Å²) in [6.45, 7) is 15.5. The monoisotopic (exact) mass is 575 g/mol. The molecule has 0 bridgehead atoms. The number of nitrogens with one attached hydrogen (secondary N) is 2. The van der Waals surface area contributed by atoms with Crippen LogP contribution in [0.25, 0.3) is 33.8 Å². The molecule has 3 unspecified atom stereocenters. The first-order valence-corrected chi connectivity index (χ1v) is 16.1. The summed E-state index contributed by atoms with van der Waals surface area (Å²) in [5.74, 6) is 1.94. The van der Waals surface area contributed by atoms with E-state index in [4.69, 9.17) is 9.97 Å². The molecule has 1 saturated heterocycles. The van der Waals surface area contributed by atoms with E-state index in [0.717, 1.165) is 77.5 Å². The van der Waals surface area contributed by atoms with Gasteiger partial charge in [-0.2, -0.15) is 0 Å². The van der Waals surface area contributed by atoms with Gasteiger partial charge in [0.25, 0.3) is 0 Å². The molecule has 5 heterocycles. The molecule has 0 radical (unpaired) electrons. The van der Waals surface area contributed by atoms with E-state index in [1.54, 1.807) is 11.2 Å². The Labute approximate surface area is 246 Å². The fourth-order valence-electron chi connectivity index (χ4n) is 6.28. The fraction of sp³-hybridized carbons (Fsp3) is 0.500. The second kappa shape index (κ2) is 11.3. The number of aromatic nitrogens is 4. The number of nitrogens with zero attached hydrogens (tertiary/aromatic N) is 5. The number of hydrogen-bond donors (Lipinski definition) is 2. The summed E-state index contributed by atoms with van der Waals surface area (Å²) in [5.41, 5.74) is 8.24. The first-order valence-electron chi connectivity index (χ1n) is 14.9. The van der Waals surface area contributed by atoms with Crippen LogP contribution < -0.4 is 14.9 Å². The maximum atomic E-state index is 14.4. The standard InChI is InChI=1S/C32H42FN7S/c1-7-27-13-25(20(3)35-26-12-19(2)16-34-17-26)15-30-36-31(21(4)39(27)30)28-14-24-10-11-29(40(41-6)22(5)33)37-32(24)38(28)18-23-8-9-23/h10-11,13-15,19,22-23,26,34-35H,3,7-9,12,16-18H2,1-2,4-6H3. The van der Waals surface area contributed by atoms with E-state index in [0.29, 0.717) is 23.7 Å². The quantitative estimate of drug-likeness (QED) is 0.164. The SMILES string of the molecule is C=C(NC1CNCC(C)C1)c1cc(CC)n2c(C)c(-c3cc4ccc(N(SC)C(C)F)nc4n3CC3CC3)nc2c1. The number of fused-ring (bicyclic) bond motifs is 2. The lowest BCUT2D eigenvalue weighted by atomic mass is 9.97.